The van der Waals surface area contributed by atoms with E-state index < -0.39 is 51.8 Å². The van der Waals surface area contributed by atoms with Crippen molar-refractivity contribution in [3.8, 4) is 22.3 Å². The van der Waals surface area contributed by atoms with E-state index in [1.54, 1.807) is 6.26 Å². The van der Waals surface area contributed by atoms with Crippen molar-refractivity contribution in [3.63, 3.8) is 0 Å². The van der Waals surface area contributed by atoms with Crippen molar-refractivity contribution in [2.45, 2.75) is 37.4 Å². The Bertz CT molecular complexity index is 2320. The number of carbonyl (C=O) groups is 4. The minimum Gasteiger partial charge on any atom is -0.467 e. The van der Waals surface area contributed by atoms with Crippen LogP contribution in [-0.4, -0.2) is 93.6 Å². The van der Waals surface area contributed by atoms with Crippen LogP contribution in [0.5, 0.6) is 0 Å². The molecule has 3 unspecified atom stereocenters. The Morgan fingerprint density at radius 2 is 1.14 bits per heavy atom. The van der Waals surface area contributed by atoms with Gasteiger partial charge in [0, 0.05) is 37.6 Å². The number of carbonyl (C=O) groups excluding carboxylic acids is 4. The van der Waals surface area contributed by atoms with Crippen LogP contribution < -0.4 is 21.3 Å². The lowest BCUT2D eigenvalue weighted by Crippen LogP contribution is -2.57. The van der Waals surface area contributed by atoms with E-state index in [4.69, 9.17) is 25.5 Å². The second-order valence-corrected chi connectivity index (χ2v) is 14.0. The number of hydrogen-bond donors (Lipinski definition) is 9. The minimum atomic E-state index is -1.25. The molecule has 0 aromatic heterocycles. The van der Waals surface area contributed by atoms with Gasteiger partial charge in [0.15, 0.2) is 0 Å². The lowest BCUT2D eigenvalue weighted by Gasteiger charge is -2.25. The summed E-state index contributed by atoms with van der Waals surface area (Å²) in [7, 11) is 1.20. The average molecular weight is 913 g/mol. The number of nitrogens with zero attached hydrogens (tertiary/aromatic N) is 2. The van der Waals surface area contributed by atoms with Crippen LogP contribution in [0.2, 0.25) is 0 Å². The van der Waals surface area contributed by atoms with Crippen molar-refractivity contribution in [3.05, 3.63) is 171 Å². The Balaban J connectivity index is 0.00000172. The minimum absolute atomic E-state index is 0.0394. The van der Waals surface area contributed by atoms with E-state index in [2.05, 4.69) is 53.1 Å². The summed E-state index contributed by atoms with van der Waals surface area (Å²) in [6.45, 7) is 3.67. The Morgan fingerprint density at radius 1 is 0.719 bits per heavy atom. The first-order valence-electron chi connectivity index (χ1n) is 19.5. The quantitative estimate of drug-likeness (QED) is 0.0276. The Labute approximate surface area is 380 Å². The van der Waals surface area contributed by atoms with Crippen molar-refractivity contribution in [1.82, 2.24) is 21.3 Å². The standard InChI is InChI=1S/C44H44N6O7S.CH4S.H2NO3/c1-28-39(50(55)56)22-21-35(41(28)45)46-24-23-40(51)47-36(25-29-13-17-33(18-14-29)31-9-5-3-6-10-31)42(52)48-37(43(53)49-38(27-58)44(54)57-2)26-30-15-19-34(20-16-30)32-11-7-4-8-12-32;1-2;2-1(3)4/h3-22,36-38,45-46,58H,1,23-27H2,2H3,(H,47,51)(H,48,52)(H,49,53);2H,1H3;(H2,2,3,4)/q;;+1. The highest BCUT2D eigenvalue weighted by atomic mass is 32.1. The second kappa shape index (κ2) is 26.3. The average Bonchev–Trinajstić information content (AvgIpc) is 3.30. The highest BCUT2D eigenvalue weighted by molar-refractivity contribution is 7.80. The summed E-state index contributed by atoms with van der Waals surface area (Å²) >= 11 is 7.73. The summed E-state index contributed by atoms with van der Waals surface area (Å²) in [5.41, 5.74) is 5.15. The number of rotatable bonds is 18. The molecule has 64 heavy (non-hydrogen) atoms. The molecule has 0 bridgehead atoms. The molecule has 0 heterocycles. The second-order valence-electron chi connectivity index (χ2n) is 13.7. The molecule has 336 valence electrons. The summed E-state index contributed by atoms with van der Waals surface area (Å²) in [5, 5.41) is 43.2. The normalized spacial score (nSPS) is 13.0. The fraction of sp³-hybridized carbons (Fsp3) is 0.222. The molecule has 0 radical (unpaired) electrons. The first kappa shape index (κ1) is 51.1. The van der Waals surface area contributed by atoms with Gasteiger partial charge in [0.2, 0.25) is 17.7 Å². The molecule has 7 N–H and O–H groups in total. The summed E-state index contributed by atoms with van der Waals surface area (Å²) in [5.74, 6) is -2.54. The molecule has 4 aromatic carbocycles. The predicted molar refractivity (Wildman–Crippen MR) is 248 cm³/mol. The van der Waals surface area contributed by atoms with Crippen LogP contribution in [-0.2, 0) is 36.8 Å². The van der Waals surface area contributed by atoms with Crippen LogP contribution in [0.1, 0.15) is 17.5 Å². The molecule has 0 spiro atoms. The molecular formula is C45H50N7O10S2+. The van der Waals surface area contributed by atoms with E-state index >= 15 is 0 Å². The van der Waals surface area contributed by atoms with Crippen molar-refractivity contribution in [2.24, 2.45) is 0 Å². The van der Waals surface area contributed by atoms with E-state index in [0.717, 1.165) is 33.4 Å². The smallest absolute Gasteiger partial charge is 0.467 e. The maximum absolute atomic E-state index is 14.2. The predicted octanol–water partition coefficient (Wildman–Crippen LogP) is 5.07. The molecule has 1 aliphatic rings. The molecule has 3 amide bonds. The number of benzene rings is 4. The van der Waals surface area contributed by atoms with Crippen LogP contribution in [0, 0.1) is 20.4 Å². The Morgan fingerprint density at radius 3 is 1.56 bits per heavy atom. The van der Waals surface area contributed by atoms with Crippen LogP contribution in [0.4, 0.5) is 0 Å². The fourth-order valence-corrected chi connectivity index (χ4v) is 6.46. The number of hydrogen-bond acceptors (Lipinski definition) is 12. The van der Waals surface area contributed by atoms with E-state index in [1.807, 2.05) is 109 Å². The number of allylic oxidation sites excluding steroid dienone is 4. The summed E-state index contributed by atoms with van der Waals surface area (Å²) in [6.07, 6.45) is 4.32. The molecule has 3 atom stereocenters. The van der Waals surface area contributed by atoms with Crippen LogP contribution in [0.15, 0.2) is 145 Å². The van der Waals surface area contributed by atoms with Crippen molar-refractivity contribution < 1.29 is 44.3 Å². The van der Waals surface area contributed by atoms with Gasteiger partial charge in [0.05, 0.1) is 29.0 Å². The molecule has 19 heteroatoms. The van der Waals surface area contributed by atoms with Gasteiger partial charge in [0.25, 0.3) is 5.70 Å². The number of nitrogens with one attached hydrogen (secondary N) is 5. The third kappa shape index (κ3) is 15.9. The number of amides is 3. The number of ether oxygens (including phenoxy) is 1. The van der Waals surface area contributed by atoms with Gasteiger partial charge in [-0.25, -0.2) is 15.2 Å². The van der Waals surface area contributed by atoms with Gasteiger partial charge in [-0.1, -0.05) is 116 Å². The molecule has 0 fully saturated rings. The van der Waals surface area contributed by atoms with Crippen LogP contribution in [0.3, 0.4) is 0 Å². The summed E-state index contributed by atoms with van der Waals surface area (Å²) in [6, 6.07) is 31.3. The van der Waals surface area contributed by atoms with E-state index in [9.17, 15) is 29.3 Å². The summed E-state index contributed by atoms with van der Waals surface area (Å²) < 4.78 is 4.83. The number of nitro groups is 1. The topological polar surface area (TPSA) is 253 Å². The molecule has 5 rings (SSSR count). The zero-order valence-corrected chi connectivity index (χ0v) is 36.8. The molecule has 4 aromatic rings. The fourth-order valence-electron chi connectivity index (χ4n) is 6.22. The van der Waals surface area contributed by atoms with Crippen LogP contribution in [0.25, 0.3) is 22.3 Å². The molecule has 17 nitrogen and oxygen atoms in total. The van der Waals surface area contributed by atoms with Gasteiger partial charge in [0.1, 0.15) is 23.0 Å². The Kier molecular flexibility index (Phi) is 21.0. The molecule has 0 saturated heterocycles. The number of thiol groups is 2. The van der Waals surface area contributed by atoms with Gasteiger partial charge in [-0.3, -0.25) is 29.9 Å². The maximum atomic E-state index is 14.2. The summed E-state index contributed by atoms with van der Waals surface area (Å²) in [4.78, 5) is 72.9. The SMILES string of the molecule is C=C1C(=N)C(NCCC(=O)NC(Cc2ccc(-c3ccccc3)cc2)C(=O)NC(Cc2ccc(-c3ccccc3)cc2)C(=O)NC(CS)C(=O)OC)=CC=C1[N+](=O)[O-].CS.O=[N+](O)O. The van der Waals surface area contributed by atoms with Crippen molar-refractivity contribution in [2.75, 3.05) is 25.7 Å². The highest BCUT2D eigenvalue weighted by Crippen LogP contribution is 2.22. The third-order valence-electron chi connectivity index (χ3n) is 9.42. The van der Waals surface area contributed by atoms with Crippen molar-refractivity contribution >= 4 is 54.7 Å². The number of methoxy groups -OCH3 is 1. The maximum Gasteiger partial charge on any atom is 0.472 e. The monoisotopic (exact) mass is 912 g/mol. The van der Waals surface area contributed by atoms with Gasteiger partial charge >= 0.3 is 11.1 Å². The lowest BCUT2D eigenvalue weighted by atomic mass is 9.98. The zero-order chi connectivity index (χ0) is 47.2. The first-order valence-corrected chi connectivity index (χ1v) is 21.0. The Hall–Kier alpha value is -7.25. The van der Waals surface area contributed by atoms with Crippen molar-refractivity contribution in [1.29, 1.82) is 5.41 Å². The first-order chi connectivity index (χ1) is 30.7. The van der Waals surface area contributed by atoms with Gasteiger partial charge < -0.3 is 26.0 Å². The molecule has 0 saturated carbocycles. The zero-order valence-electron chi connectivity index (χ0n) is 35.0. The highest BCUT2D eigenvalue weighted by Gasteiger charge is 2.30. The van der Waals surface area contributed by atoms with Gasteiger partial charge in [-0.05, 0) is 45.7 Å². The molecule has 1 aliphatic carbocycles. The van der Waals surface area contributed by atoms with Crippen LogP contribution >= 0.6 is 25.3 Å². The van der Waals surface area contributed by atoms with E-state index in [0.29, 0.717) is 0 Å². The van der Waals surface area contributed by atoms with Gasteiger partial charge in [-0.2, -0.15) is 25.3 Å². The van der Waals surface area contributed by atoms with E-state index in [-0.39, 0.29) is 54.2 Å². The lowest BCUT2D eigenvalue weighted by molar-refractivity contribution is -0.969. The largest absolute Gasteiger partial charge is 0.472 e. The third-order valence-corrected chi connectivity index (χ3v) is 9.79. The van der Waals surface area contributed by atoms with Gasteiger partial charge in [-0.15, -0.1) is 0 Å². The molecule has 0 aliphatic heterocycles. The number of esters is 1. The van der Waals surface area contributed by atoms with E-state index in [1.165, 1.54) is 19.3 Å². The molecular weight excluding hydrogens is 863 g/mol.